The molecule has 2 N–H and O–H groups in total. The molecule has 0 saturated carbocycles. The lowest BCUT2D eigenvalue weighted by molar-refractivity contribution is -0.116. The summed E-state index contributed by atoms with van der Waals surface area (Å²) < 4.78 is 13.8. The standard InChI is InChI=1S/C27H29FN6O2S/c1-18-8-2-3-9-19(18)16-25(36)30-27-34-33-26(37-27)13-7-5-11-21-14-15-23(32-31-21)29-24(35)17-20-10-4-6-12-22(20)28/h2-4,8-10,14-15H,5-7,11-13,16-17H2,1H3,(H,29,32,35)(H,30,34,36). The molecule has 0 fully saturated rings. The predicted octanol–water partition coefficient (Wildman–Crippen LogP) is 5.29. The van der Waals surface area contributed by atoms with Gasteiger partial charge in [-0.1, -0.05) is 47.8 Å². The van der Waals surface area contributed by atoms with Crippen LogP contribution in [0, 0.1) is 6.92 Å². The first kappa shape index (κ1) is 26.3. The van der Waals surface area contributed by atoms with E-state index in [0.29, 0.717) is 35.8 Å². The Kier molecular flexibility index (Phi) is 9.20. The largest absolute Gasteiger partial charge is 0.309 e. The molecule has 1 aliphatic rings. The van der Waals surface area contributed by atoms with E-state index >= 15 is 0 Å². The number of hydrogen-bond donors (Lipinski definition) is 2. The number of amides is 2. The van der Waals surface area contributed by atoms with Crippen molar-refractivity contribution < 1.29 is 14.0 Å². The molecule has 37 heavy (non-hydrogen) atoms. The lowest BCUT2D eigenvalue weighted by atomic mass is 10.0. The Morgan fingerprint density at radius 1 is 0.946 bits per heavy atom. The predicted molar refractivity (Wildman–Crippen MR) is 142 cm³/mol. The van der Waals surface area contributed by atoms with E-state index in [2.05, 4.69) is 31.0 Å². The summed E-state index contributed by atoms with van der Waals surface area (Å²) >= 11 is 1.39. The molecule has 0 aliphatic heterocycles. The number of allylic oxidation sites excluding steroid dienone is 3. The summed E-state index contributed by atoms with van der Waals surface area (Å²) in [5, 5.41) is 23.4. The number of aromatic nitrogens is 4. The first-order chi connectivity index (χ1) is 18.0. The number of rotatable bonds is 11. The van der Waals surface area contributed by atoms with E-state index < -0.39 is 0 Å². The summed E-state index contributed by atoms with van der Waals surface area (Å²) in [4.78, 5) is 24.5. The maximum atomic E-state index is 13.8. The highest BCUT2D eigenvalue weighted by atomic mass is 32.1. The van der Waals surface area contributed by atoms with Crippen LogP contribution in [-0.4, -0.2) is 32.2 Å². The molecule has 4 rings (SSSR count). The van der Waals surface area contributed by atoms with E-state index in [1.807, 2.05) is 43.3 Å². The third-order valence-electron chi connectivity index (χ3n) is 5.94. The quantitative estimate of drug-likeness (QED) is 0.333. The highest BCUT2D eigenvalue weighted by molar-refractivity contribution is 7.15. The minimum absolute atomic E-state index is 0.0184. The summed E-state index contributed by atoms with van der Waals surface area (Å²) in [5.74, 6) is -0.307. The minimum atomic E-state index is -0.318. The lowest BCUT2D eigenvalue weighted by Crippen LogP contribution is -2.14. The first-order valence-corrected chi connectivity index (χ1v) is 13.1. The molecule has 2 heterocycles. The number of nitrogens with zero attached hydrogens (tertiary/aromatic N) is 4. The van der Waals surface area contributed by atoms with E-state index in [1.54, 1.807) is 12.1 Å². The third-order valence-corrected chi connectivity index (χ3v) is 6.83. The van der Waals surface area contributed by atoms with Gasteiger partial charge in [0.25, 0.3) is 0 Å². The van der Waals surface area contributed by atoms with Crippen molar-refractivity contribution in [2.24, 2.45) is 0 Å². The fraction of sp³-hybridized carbons (Fsp3) is 0.333. The van der Waals surface area contributed by atoms with Gasteiger partial charge >= 0.3 is 0 Å². The molecular formula is C27H29FN6O2S. The van der Waals surface area contributed by atoms with Gasteiger partial charge in [0.2, 0.25) is 16.9 Å². The van der Waals surface area contributed by atoms with Gasteiger partial charge in [-0.3, -0.25) is 9.59 Å². The Hall–Kier alpha value is -3.79. The van der Waals surface area contributed by atoms with Gasteiger partial charge < -0.3 is 10.6 Å². The number of aryl methyl sites for hydroxylation is 3. The van der Waals surface area contributed by atoms with Crippen LogP contribution >= 0.6 is 11.3 Å². The van der Waals surface area contributed by atoms with E-state index in [4.69, 9.17) is 0 Å². The van der Waals surface area contributed by atoms with Gasteiger partial charge in [-0.05, 0) is 61.4 Å². The van der Waals surface area contributed by atoms with Crippen LogP contribution in [0.2, 0.25) is 0 Å². The maximum absolute atomic E-state index is 13.8. The van der Waals surface area contributed by atoms with Crippen molar-refractivity contribution in [3.63, 3.8) is 0 Å². The molecule has 2 amide bonds. The first-order valence-electron chi connectivity index (χ1n) is 12.3. The van der Waals surface area contributed by atoms with Gasteiger partial charge in [-0.15, -0.1) is 15.3 Å². The normalized spacial score (nSPS) is 13.0. The zero-order valence-electron chi connectivity index (χ0n) is 20.7. The Balaban J connectivity index is 1.15. The van der Waals surface area contributed by atoms with Crippen molar-refractivity contribution >= 4 is 34.1 Å². The van der Waals surface area contributed by atoms with Crippen LogP contribution in [0.3, 0.4) is 0 Å². The molecule has 0 spiro atoms. The Morgan fingerprint density at radius 2 is 1.76 bits per heavy atom. The molecule has 2 aromatic heterocycles. The molecule has 0 saturated heterocycles. The topological polar surface area (TPSA) is 110 Å². The van der Waals surface area contributed by atoms with Gasteiger partial charge in [-0.2, -0.15) is 5.10 Å². The van der Waals surface area contributed by atoms with E-state index in [1.165, 1.54) is 11.3 Å². The summed E-state index contributed by atoms with van der Waals surface area (Å²) in [5.41, 5.74) is 3.32. The monoisotopic (exact) mass is 520 g/mol. The Morgan fingerprint density at radius 3 is 2.54 bits per heavy atom. The van der Waals surface area contributed by atoms with E-state index in [0.717, 1.165) is 47.5 Å². The molecule has 3 aromatic rings. The van der Waals surface area contributed by atoms with Gasteiger partial charge in [0, 0.05) is 12.8 Å². The highest BCUT2D eigenvalue weighted by Crippen LogP contribution is 2.23. The average Bonchev–Trinajstić information content (AvgIpc) is 3.32. The van der Waals surface area contributed by atoms with Crippen molar-refractivity contribution in [2.45, 2.75) is 58.3 Å². The van der Waals surface area contributed by atoms with Crippen molar-refractivity contribution in [2.75, 3.05) is 10.6 Å². The van der Waals surface area contributed by atoms with Crippen LogP contribution in [-0.2, 0) is 28.9 Å². The van der Waals surface area contributed by atoms with Crippen LogP contribution < -0.4 is 10.6 Å². The van der Waals surface area contributed by atoms with Gasteiger partial charge in [0.15, 0.2) is 5.82 Å². The van der Waals surface area contributed by atoms with E-state index in [-0.39, 0.29) is 24.1 Å². The second-order valence-corrected chi connectivity index (χ2v) is 9.93. The molecule has 1 aromatic carbocycles. The third kappa shape index (κ3) is 8.11. The molecule has 1 aliphatic carbocycles. The zero-order chi connectivity index (χ0) is 26.0. The number of hydrogen-bond acceptors (Lipinski definition) is 7. The van der Waals surface area contributed by atoms with Gasteiger partial charge in [0.05, 0.1) is 18.5 Å². The van der Waals surface area contributed by atoms with Crippen LogP contribution in [0.15, 0.2) is 60.0 Å². The summed E-state index contributed by atoms with van der Waals surface area (Å²) in [7, 11) is 0. The second kappa shape index (κ2) is 13.0. The van der Waals surface area contributed by atoms with Gasteiger partial charge in [-0.25, -0.2) is 4.39 Å². The number of benzene rings is 1. The molecule has 10 heteroatoms. The fourth-order valence-corrected chi connectivity index (χ4v) is 4.69. The van der Waals surface area contributed by atoms with Crippen LogP contribution in [0.4, 0.5) is 15.3 Å². The zero-order valence-corrected chi connectivity index (χ0v) is 21.5. The van der Waals surface area contributed by atoms with Gasteiger partial charge in [0.1, 0.15) is 10.8 Å². The molecule has 0 unspecified atom stereocenters. The average molecular weight is 521 g/mol. The number of unbranched alkanes of at least 4 members (excludes halogenated alkanes) is 1. The molecule has 0 radical (unpaired) electrons. The Labute approximate surface area is 219 Å². The number of carbonyl (C=O) groups excluding carboxylic acids is 2. The molecule has 192 valence electrons. The number of carbonyl (C=O) groups is 2. The lowest BCUT2D eigenvalue weighted by Gasteiger charge is -2.09. The molecule has 8 nitrogen and oxygen atoms in total. The summed E-state index contributed by atoms with van der Waals surface area (Å²) in [6, 6.07) is 11.4. The summed E-state index contributed by atoms with van der Waals surface area (Å²) in [6.07, 6.45) is 8.10. The second-order valence-electron chi connectivity index (χ2n) is 8.87. The molecular weight excluding hydrogens is 491 g/mol. The van der Waals surface area contributed by atoms with Crippen molar-refractivity contribution in [3.8, 4) is 0 Å². The summed E-state index contributed by atoms with van der Waals surface area (Å²) in [6.45, 7) is 1.99. The minimum Gasteiger partial charge on any atom is -0.309 e. The van der Waals surface area contributed by atoms with Crippen LogP contribution in [0.25, 0.3) is 0 Å². The SMILES string of the molecule is Cc1ccccc1CC(=O)Nc1nnc(CCCCc2ccc(NC(=O)CC3=C(F)CCC=C3)nn2)s1. The van der Waals surface area contributed by atoms with Crippen molar-refractivity contribution in [1.82, 2.24) is 20.4 Å². The van der Waals surface area contributed by atoms with Crippen molar-refractivity contribution in [3.05, 3.63) is 81.8 Å². The number of nitrogens with one attached hydrogen (secondary N) is 2. The van der Waals surface area contributed by atoms with Crippen molar-refractivity contribution in [1.29, 1.82) is 0 Å². The fourth-order valence-electron chi connectivity index (χ4n) is 3.89. The van der Waals surface area contributed by atoms with E-state index in [9.17, 15) is 14.0 Å². The Bertz CT molecular complexity index is 1300. The van der Waals surface area contributed by atoms with Crippen LogP contribution in [0.1, 0.15) is 53.9 Å². The smallest absolute Gasteiger partial charge is 0.230 e. The van der Waals surface area contributed by atoms with Crippen LogP contribution in [0.5, 0.6) is 0 Å². The maximum Gasteiger partial charge on any atom is 0.230 e. The number of halogens is 1. The molecule has 0 atom stereocenters. The highest BCUT2D eigenvalue weighted by Gasteiger charge is 2.13. The number of anilines is 2. The molecule has 0 bridgehead atoms.